The largest absolute Gasteiger partial charge is 0.372 e. The second kappa shape index (κ2) is 5.82. The Hall–Kier alpha value is -0.913. The molecule has 0 nitrogen and oxygen atoms in total. The summed E-state index contributed by atoms with van der Waals surface area (Å²) in [5.74, 6) is 6.16. The van der Waals surface area contributed by atoms with Crippen LogP contribution in [0.5, 0.6) is 0 Å². The molecule has 0 bridgehead atoms. The van der Waals surface area contributed by atoms with Crippen LogP contribution in [0.3, 0.4) is 0 Å². The smallest absolute Gasteiger partial charge is 0.121 e. The molecule has 4 heteroatoms. The van der Waals surface area contributed by atoms with Crippen LogP contribution in [0.1, 0.15) is 11.1 Å². The SMILES string of the molecule is Cl[Si](Cl)(Cl)c1ccc(C#Cc2ccccc2)cc1. The van der Waals surface area contributed by atoms with Crippen LogP contribution in [0.15, 0.2) is 54.6 Å². The van der Waals surface area contributed by atoms with E-state index in [1.54, 1.807) is 0 Å². The summed E-state index contributed by atoms with van der Waals surface area (Å²) in [6.07, 6.45) is 0. The van der Waals surface area contributed by atoms with E-state index in [-0.39, 0.29) is 0 Å². The van der Waals surface area contributed by atoms with Crippen molar-refractivity contribution in [3.8, 4) is 11.8 Å². The molecular weight excluding hydrogens is 303 g/mol. The van der Waals surface area contributed by atoms with Gasteiger partial charge in [0.05, 0.1) is 0 Å². The van der Waals surface area contributed by atoms with Crippen LogP contribution in [0.25, 0.3) is 0 Å². The Labute approximate surface area is 122 Å². The Kier molecular flexibility index (Phi) is 4.37. The van der Waals surface area contributed by atoms with Gasteiger partial charge in [-0.3, -0.25) is 0 Å². The van der Waals surface area contributed by atoms with Crippen molar-refractivity contribution >= 4 is 44.4 Å². The first-order valence-corrected chi connectivity index (χ1v) is 10.3. The van der Waals surface area contributed by atoms with Gasteiger partial charge in [-0.2, -0.15) is 0 Å². The van der Waals surface area contributed by atoms with Crippen LogP contribution in [-0.2, 0) is 0 Å². The molecule has 0 spiro atoms. The van der Waals surface area contributed by atoms with E-state index in [2.05, 4.69) is 11.8 Å². The molecule has 0 heterocycles. The van der Waals surface area contributed by atoms with Crippen LogP contribution in [-0.4, -0.2) is 6.00 Å². The molecule has 90 valence electrons. The van der Waals surface area contributed by atoms with E-state index >= 15 is 0 Å². The van der Waals surface area contributed by atoms with Gasteiger partial charge in [0.25, 0.3) is 0 Å². The molecule has 0 aromatic heterocycles. The van der Waals surface area contributed by atoms with Crippen molar-refractivity contribution in [1.29, 1.82) is 0 Å². The van der Waals surface area contributed by atoms with E-state index in [1.807, 2.05) is 54.6 Å². The Morgan fingerprint density at radius 2 is 1.17 bits per heavy atom. The van der Waals surface area contributed by atoms with Gasteiger partial charge in [0, 0.05) is 11.1 Å². The highest BCUT2D eigenvalue weighted by Crippen LogP contribution is 2.19. The molecule has 0 aliphatic carbocycles. The van der Waals surface area contributed by atoms with E-state index in [1.165, 1.54) is 0 Å². The minimum Gasteiger partial charge on any atom is -0.121 e. The Balaban J connectivity index is 2.20. The van der Waals surface area contributed by atoms with Crippen molar-refractivity contribution < 1.29 is 0 Å². The summed E-state index contributed by atoms with van der Waals surface area (Å²) in [6.45, 7) is 0. The lowest BCUT2D eigenvalue weighted by Crippen LogP contribution is -2.29. The second-order valence-corrected chi connectivity index (χ2v) is 12.1. The number of rotatable bonds is 1. The van der Waals surface area contributed by atoms with Crippen LogP contribution < -0.4 is 5.19 Å². The third kappa shape index (κ3) is 3.80. The van der Waals surface area contributed by atoms with Crippen molar-refractivity contribution in [2.75, 3.05) is 0 Å². The van der Waals surface area contributed by atoms with Crippen LogP contribution in [0.4, 0.5) is 0 Å². The van der Waals surface area contributed by atoms with Crippen LogP contribution >= 0.6 is 33.2 Å². The maximum atomic E-state index is 5.92. The standard InChI is InChI=1S/C14H9Cl3Si/c15-18(16,17)14-10-8-13(9-11-14)7-6-12-4-2-1-3-5-12/h1-5,8-11H. The van der Waals surface area contributed by atoms with Crippen molar-refractivity contribution in [2.24, 2.45) is 0 Å². The van der Waals surface area contributed by atoms with Crippen LogP contribution in [0, 0.1) is 11.8 Å². The van der Waals surface area contributed by atoms with Crippen molar-refractivity contribution in [3.63, 3.8) is 0 Å². The molecule has 0 saturated heterocycles. The molecular formula is C14H9Cl3Si. The maximum absolute atomic E-state index is 5.92. The molecule has 0 fully saturated rings. The van der Waals surface area contributed by atoms with Gasteiger partial charge in [-0.1, -0.05) is 42.2 Å². The van der Waals surface area contributed by atoms with Crippen molar-refractivity contribution in [2.45, 2.75) is 0 Å². The fraction of sp³-hybridized carbons (Fsp3) is 0. The first-order chi connectivity index (χ1) is 8.55. The van der Waals surface area contributed by atoms with E-state index in [0.717, 1.165) is 16.3 Å². The first-order valence-electron chi connectivity index (χ1n) is 5.30. The minimum atomic E-state index is -2.77. The zero-order valence-corrected chi connectivity index (χ0v) is 12.6. The van der Waals surface area contributed by atoms with E-state index in [4.69, 9.17) is 33.2 Å². The van der Waals surface area contributed by atoms with Gasteiger partial charge in [-0.15, -0.1) is 33.2 Å². The monoisotopic (exact) mass is 310 g/mol. The molecule has 2 rings (SSSR count). The molecule has 0 aliphatic rings. The molecule has 18 heavy (non-hydrogen) atoms. The average Bonchev–Trinajstić information content (AvgIpc) is 2.37. The molecule has 2 aromatic rings. The minimum absolute atomic E-state index is 0.776. The first kappa shape index (κ1) is 13.5. The number of benzene rings is 2. The highest BCUT2D eigenvalue weighted by atomic mass is 35.8. The predicted molar refractivity (Wildman–Crippen MR) is 81.8 cm³/mol. The summed E-state index contributed by atoms with van der Waals surface area (Å²) >= 11 is 17.8. The molecule has 2 aromatic carbocycles. The Morgan fingerprint density at radius 1 is 0.667 bits per heavy atom. The van der Waals surface area contributed by atoms with Gasteiger partial charge in [-0.25, -0.2) is 0 Å². The third-order valence-corrected chi connectivity index (χ3v) is 5.29. The Bertz CT molecular complexity index is 574. The fourth-order valence-corrected chi connectivity index (χ4v) is 3.09. The van der Waals surface area contributed by atoms with Gasteiger partial charge in [0.15, 0.2) is 0 Å². The topological polar surface area (TPSA) is 0 Å². The lowest BCUT2D eigenvalue weighted by molar-refractivity contribution is 1.63. The molecule has 0 unspecified atom stereocenters. The van der Waals surface area contributed by atoms with Crippen molar-refractivity contribution in [3.05, 3.63) is 65.7 Å². The summed E-state index contributed by atoms with van der Waals surface area (Å²) < 4.78 is 0. The van der Waals surface area contributed by atoms with Gasteiger partial charge in [0.2, 0.25) is 0 Å². The molecule has 0 aliphatic heterocycles. The van der Waals surface area contributed by atoms with E-state index in [9.17, 15) is 0 Å². The molecule has 0 saturated carbocycles. The highest BCUT2D eigenvalue weighted by molar-refractivity contribution is 7.69. The van der Waals surface area contributed by atoms with Gasteiger partial charge in [0.1, 0.15) is 0 Å². The van der Waals surface area contributed by atoms with Gasteiger partial charge >= 0.3 is 6.00 Å². The molecule has 0 amide bonds. The van der Waals surface area contributed by atoms with E-state index in [0.29, 0.717) is 0 Å². The molecule has 0 radical (unpaired) electrons. The predicted octanol–water partition coefficient (Wildman–Crippen LogP) is 3.95. The zero-order chi connectivity index (χ0) is 13.0. The van der Waals surface area contributed by atoms with E-state index < -0.39 is 6.00 Å². The third-order valence-electron chi connectivity index (χ3n) is 2.34. The number of hydrogen-bond acceptors (Lipinski definition) is 0. The lowest BCUT2D eigenvalue weighted by atomic mass is 10.2. The van der Waals surface area contributed by atoms with Gasteiger partial charge in [-0.05, 0) is 29.5 Å². The van der Waals surface area contributed by atoms with Crippen molar-refractivity contribution in [1.82, 2.24) is 0 Å². The number of hydrogen-bond donors (Lipinski definition) is 0. The summed E-state index contributed by atoms with van der Waals surface area (Å²) in [6, 6.07) is 14.5. The Morgan fingerprint density at radius 3 is 1.67 bits per heavy atom. The normalized spacial score (nSPS) is 10.6. The highest BCUT2D eigenvalue weighted by Gasteiger charge is 2.27. The average molecular weight is 312 g/mol. The fourth-order valence-electron chi connectivity index (χ4n) is 1.41. The summed E-state index contributed by atoms with van der Waals surface area (Å²) in [5, 5.41) is 0.776. The number of halogens is 3. The van der Waals surface area contributed by atoms with Crippen LogP contribution in [0.2, 0.25) is 0 Å². The maximum Gasteiger partial charge on any atom is 0.372 e. The zero-order valence-electron chi connectivity index (χ0n) is 9.33. The second-order valence-electron chi connectivity index (χ2n) is 3.69. The summed E-state index contributed by atoms with van der Waals surface area (Å²) in [5.41, 5.74) is 1.89. The molecule has 0 atom stereocenters. The lowest BCUT2D eigenvalue weighted by Gasteiger charge is -2.07. The van der Waals surface area contributed by atoms with Gasteiger partial charge < -0.3 is 0 Å². The quantitative estimate of drug-likeness (QED) is 0.425. The molecule has 0 N–H and O–H groups in total. The summed E-state index contributed by atoms with van der Waals surface area (Å²) in [7, 11) is 0. The summed E-state index contributed by atoms with van der Waals surface area (Å²) in [4.78, 5) is 0.